The second-order valence-corrected chi connectivity index (χ2v) is 8.61. The quantitative estimate of drug-likeness (QED) is 0.852. The molecule has 1 aliphatic heterocycles. The maximum Gasteiger partial charge on any atom is 0.326 e. The van der Waals surface area contributed by atoms with Crippen molar-refractivity contribution in [2.75, 3.05) is 6.54 Å². The SMILES string of the molecule is O=C(O)[C@H]1CCCCN1C(=O)c1cccc(S(=O)(=O)Cc2ccccc2)c1. The van der Waals surface area contributed by atoms with E-state index >= 15 is 0 Å². The topological polar surface area (TPSA) is 91.8 Å². The number of carbonyl (C=O) groups is 2. The number of rotatable bonds is 5. The molecule has 142 valence electrons. The molecule has 3 rings (SSSR count). The Hall–Kier alpha value is -2.67. The van der Waals surface area contributed by atoms with Gasteiger partial charge in [0.15, 0.2) is 9.84 Å². The van der Waals surface area contributed by atoms with Crippen LogP contribution in [-0.2, 0) is 20.4 Å². The Morgan fingerprint density at radius 1 is 1.04 bits per heavy atom. The molecule has 2 aromatic carbocycles. The molecule has 1 aliphatic rings. The molecule has 7 heteroatoms. The summed E-state index contributed by atoms with van der Waals surface area (Å²) in [4.78, 5) is 25.6. The van der Waals surface area contributed by atoms with Crippen LogP contribution in [0.1, 0.15) is 35.2 Å². The summed E-state index contributed by atoms with van der Waals surface area (Å²) < 4.78 is 25.4. The summed E-state index contributed by atoms with van der Waals surface area (Å²) in [5.74, 6) is -1.64. The van der Waals surface area contributed by atoms with E-state index in [0.29, 0.717) is 18.5 Å². The van der Waals surface area contributed by atoms with Crippen LogP contribution in [0.3, 0.4) is 0 Å². The molecule has 0 spiro atoms. The molecular weight excluding hydrogens is 366 g/mol. The van der Waals surface area contributed by atoms with E-state index in [1.165, 1.54) is 29.2 Å². The summed E-state index contributed by atoms with van der Waals surface area (Å²) in [5.41, 5.74) is 0.855. The van der Waals surface area contributed by atoms with Crippen LogP contribution in [0.4, 0.5) is 0 Å². The van der Waals surface area contributed by atoms with Crippen LogP contribution < -0.4 is 0 Å². The maximum atomic E-state index is 12.8. The van der Waals surface area contributed by atoms with E-state index in [0.717, 1.165) is 12.8 Å². The lowest BCUT2D eigenvalue weighted by atomic mass is 10.0. The first kappa shape index (κ1) is 19.1. The van der Waals surface area contributed by atoms with Crippen molar-refractivity contribution in [2.24, 2.45) is 0 Å². The molecule has 2 aromatic rings. The summed E-state index contributed by atoms with van der Waals surface area (Å²) in [5, 5.41) is 9.36. The highest BCUT2D eigenvalue weighted by Gasteiger charge is 2.32. The number of hydrogen-bond acceptors (Lipinski definition) is 4. The third-order valence-electron chi connectivity index (χ3n) is 4.69. The van der Waals surface area contributed by atoms with Crippen LogP contribution in [0, 0.1) is 0 Å². The predicted molar refractivity (Wildman–Crippen MR) is 100 cm³/mol. The lowest BCUT2D eigenvalue weighted by molar-refractivity contribution is -0.143. The molecule has 1 heterocycles. The second-order valence-electron chi connectivity index (χ2n) is 6.62. The summed E-state index contributed by atoms with van der Waals surface area (Å²) in [6.45, 7) is 0.358. The fourth-order valence-electron chi connectivity index (χ4n) is 3.30. The summed E-state index contributed by atoms with van der Waals surface area (Å²) in [6.07, 6.45) is 1.90. The lowest BCUT2D eigenvalue weighted by Gasteiger charge is -2.33. The van der Waals surface area contributed by atoms with Crippen LogP contribution in [0.5, 0.6) is 0 Å². The average molecular weight is 387 g/mol. The maximum absolute atomic E-state index is 12.8. The van der Waals surface area contributed by atoms with Crippen molar-refractivity contribution in [3.05, 3.63) is 65.7 Å². The first-order valence-corrected chi connectivity index (χ1v) is 10.4. The van der Waals surface area contributed by atoms with Gasteiger partial charge in [-0.05, 0) is 43.0 Å². The molecule has 1 N–H and O–H groups in total. The number of carbonyl (C=O) groups excluding carboxylic acids is 1. The Kier molecular flexibility index (Phi) is 5.60. The minimum Gasteiger partial charge on any atom is -0.480 e. The molecule has 1 saturated heterocycles. The lowest BCUT2D eigenvalue weighted by Crippen LogP contribution is -2.48. The third kappa shape index (κ3) is 4.36. The second kappa shape index (κ2) is 7.92. The van der Waals surface area contributed by atoms with Crippen molar-refractivity contribution < 1.29 is 23.1 Å². The molecule has 0 aliphatic carbocycles. The van der Waals surface area contributed by atoms with E-state index in [9.17, 15) is 23.1 Å². The number of piperidine rings is 1. The van der Waals surface area contributed by atoms with Gasteiger partial charge in [-0.1, -0.05) is 36.4 Å². The number of aliphatic carboxylic acids is 1. The number of hydrogen-bond donors (Lipinski definition) is 1. The van der Waals surface area contributed by atoms with Gasteiger partial charge in [0.1, 0.15) is 6.04 Å². The molecule has 6 nitrogen and oxygen atoms in total. The van der Waals surface area contributed by atoms with Crippen LogP contribution >= 0.6 is 0 Å². The van der Waals surface area contributed by atoms with E-state index in [1.807, 2.05) is 6.07 Å². The average Bonchev–Trinajstić information content (AvgIpc) is 2.68. The van der Waals surface area contributed by atoms with Gasteiger partial charge in [-0.15, -0.1) is 0 Å². The van der Waals surface area contributed by atoms with Crippen molar-refractivity contribution in [1.82, 2.24) is 4.90 Å². The molecule has 0 unspecified atom stereocenters. The Balaban J connectivity index is 1.86. The number of benzene rings is 2. The van der Waals surface area contributed by atoms with Crippen molar-refractivity contribution in [3.8, 4) is 0 Å². The van der Waals surface area contributed by atoms with Gasteiger partial charge < -0.3 is 10.0 Å². The van der Waals surface area contributed by atoms with E-state index < -0.39 is 27.8 Å². The Morgan fingerprint density at radius 3 is 2.48 bits per heavy atom. The Morgan fingerprint density at radius 2 is 1.78 bits per heavy atom. The molecule has 1 atom stereocenters. The van der Waals surface area contributed by atoms with Crippen LogP contribution in [0.25, 0.3) is 0 Å². The van der Waals surface area contributed by atoms with E-state index in [-0.39, 0.29) is 16.2 Å². The molecule has 1 fully saturated rings. The molecule has 0 saturated carbocycles. The number of sulfone groups is 1. The van der Waals surface area contributed by atoms with Crippen LogP contribution in [0.2, 0.25) is 0 Å². The molecule has 0 aromatic heterocycles. The van der Waals surface area contributed by atoms with Gasteiger partial charge in [0.25, 0.3) is 5.91 Å². The van der Waals surface area contributed by atoms with E-state index in [2.05, 4.69) is 0 Å². The zero-order valence-electron chi connectivity index (χ0n) is 14.7. The smallest absolute Gasteiger partial charge is 0.326 e. The first-order chi connectivity index (χ1) is 12.9. The predicted octanol–water partition coefficient (Wildman–Crippen LogP) is 2.74. The van der Waals surface area contributed by atoms with E-state index in [4.69, 9.17) is 0 Å². The summed E-state index contributed by atoms with van der Waals surface area (Å²) in [7, 11) is -3.62. The molecule has 27 heavy (non-hydrogen) atoms. The molecule has 1 amide bonds. The highest BCUT2D eigenvalue weighted by Crippen LogP contribution is 2.22. The van der Waals surface area contributed by atoms with Gasteiger partial charge in [0.2, 0.25) is 0 Å². The normalized spacial score (nSPS) is 17.5. The standard InChI is InChI=1S/C20H21NO5S/c22-19(21-12-5-4-11-18(21)20(23)24)16-9-6-10-17(13-16)27(25,26)14-15-7-2-1-3-8-15/h1-3,6-10,13,18H,4-5,11-12,14H2,(H,23,24)/t18-/m1/s1. The number of carboxylic acid groups (broad SMARTS) is 1. The Labute approximate surface area is 158 Å². The monoisotopic (exact) mass is 387 g/mol. The largest absolute Gasteiger partial charge is 0.480 e. The van der Waals surface area contributed by atoms with E-state index in [1.54, 1.807) is 24.3 Å². The van der Waals surface area contributed by atoms with Crippen molar-refractivity contribution >= 4 is 21.7 Å². The van der Waals surface area contributed by atoms with Crippen molar-refractivity contribution in [2.45, 2.75) is 36.0 Å². The fourth-order valence-corrected chi connectivity index (χ4v) is 4.69. The summed E-state index contributed by atoms with van der Waals surface area (Å²) in [6, 6.07) is 13.8. The summed E-state index contributed by atoms with van der Waals surface area (Å²) >= 11 is 0. The Bertz CT molecular complexity index is 940. The van der Waals surface area contributed by atoms with Crippen LogP contribution in [0.15, 0.2) is 59.5 Å². The number of amides is 1. The highest BCUT2D eigenvalue weighted by atomic mass is 32.2. The highest BCUT2D eigenvalue weighted by molar-refractivity contribution is 7.90. The minimum atomic E-state index is -3.62. The molecule has 0 bridgehead atoms. The van der Waals surface area contributed by atoms with Gasteiger partial charge in [-0.25, -0.2) is 13.2 Å². The van der Waals surface area contributed by atoms with Crippen LogP contribution in [-0.4, -0.2) is 42.9 Å². The van der Waals surface area contributed by atoms with Gasteiger partial charge in [0, 0.05) is 12.1 Å². The fraction of sp³-hybridized carbons (Fsp3) is 0.300. The molecular formula is C20H21NO5S. The first-order valence-electron chi connectivity index (χ1n) is 8.79. The van der Waals surface area contributed by atoms with Gasteiger partial charge in [-0.3, -0.25) is 4.79 Å². The van der Waals surface area contributed by atoms with Gasteiger partial charge >= 0.3 is 5.97 Å². The zero-order chi connectivity index (χ0) is 19.4. The van der Waals surface area contributed by atoms with Crippen molar-refractivity contribution in [3.63, 3.8) is 0 Å². The van der Waals surface area contributed by atoms with Gasteiger partial charge in [-0.2, -0.15) is 0 Å². The molecule has 0 radical (unpaired) electrons. The van der Waals surface area contributed by atoms with Gasteiger partial charge in [0.05, 0.1) is 10.6 Å². The number of nitrogens with zero attached hydrogens (tertiary/aromatic N) is 1. The minimum absolute atomic E-state index is 0.0566. The number of carboxylic acids is 1. The zero-order valence-corrected chi connectivity index (χ0v) is 15.6. The third-order valence-corrected chi connectivity index (χ3v) is 6.37. The van der Waals surface area contributed by atoms with Crippen molar-refractivity contribution in [1.29, 1.82) is 0 Å². The number of likely N-dealkylation sites (tertiary alicyclic amines) is 1.